The lowest BCUT2D eigenvalue weighted by Gasteiger charge is -2.29. The maximum absolute atomic E-state index is 13.1. The van der Waals surface area contributed by atoms with Gasteiger partial charge in [0.15, 0.2) is 5.78 Å². The zero-order valence-corrected chi connectivity index (χ0v) is 30.5. The van der Waals surface area contributed by atoms with Crippen LogP contribution in [-0.4, -0.2) is 89.7 Å². The summed E-state index contributed by atoms with van der Waals surface area (Å²) in [5.41, 5.74) is 7.69. The monoisotopic (exact) mass is 722 g/mol. The molecule has 0 saturated heterocycles. The van der Waals surface area contributed by atoms with Crippen molar-refractivity contribution in [3.63, 3.8) is 0 Å². The number of methoxy groups -OCH3 is 2. The molecule has 3 aromatic rings. The predicted molar refractivity (Wildman–Crippen MR) is 198 cm³/mol. The van der Waals surface area contributed by atoms with Gasteiger partial charge in [-0.1, -0.05) is 18.7 Å². The number of nitrogens with zero attached hydrogens (tertiary/aromatic N) is 3. The van der Waals surface area contributed by atoms with Crippen LogP contribution in [0.5, 0.6) is 11.5 Å². The van der Waals surface area contributed by atoms with Gasteiger partial charge in [0.1, 0.15) is 17.3 Å². The van der Waals surface area contributed by atoms with E-state index >= 15 is 0 Å². The number of carbonyl (C=O) groups is 5. The highest BCUT2D eigenvalue weighted by atomic mass is 16.5. The van der Waals surface area contributed by atoms with Crippen LogP contribution in [0.4, 0.5) is 0 Å². The minimum Gasteiger partial charge on any atom is -0.496 e. The number of rotatable bonds is 15. The second-order valence-corrected chi connectivity index (χ2v) is 13.6. The molecule has 1 unspecified atom stereocenters. The van der Waals surface area contributed by atoms with Crippen LogP contribution in [-0.2, 0) is 38.6 Å². The first kappa shape index (κ1) is 37.1. The number of ether oxygens (including phenoxy) is 2. The average molecular weight is 723 g/mol. The summed E-state index contributed by atoms with van der Waals surface area (Å²) in [5, 5.41) is 13.1. The third-order valence-electron chi connectivity index (χ3n) is 10.2. The molecule has 0 bridgehead atoms. The highest BCUT2D eigenvalue weighted by Crippen LogP contribution is 2.40. The molecule has 1 saturated carbocycles. The molecule has 0 spiro atoms. The lowest BCUT2D eigenvalue weighted by Crippen LogP contribution is -2.44. The molecule has 3 N–H and O–H groups in total. The van der Waals surface area contributed by atoms with Crippen molar-refractivity contribution in [3.8, 4) is 11.5 Å². The first-order chi connectivity index (χ1) is 25.6. The molecule has 2 aliphatic heterocycles. The average Bonchev–Trinajstić information content (AvgIpc) is 3.77. The van der Waals surface area contributed by atoms with Crippen molar-refractivity contribution >= 4 is 40.6 Å². The number of aromatic amines is 1. The molecule has 3 amide bonds. The number of Topliss-reactive ketones (excluding diaryl/α,β-unsaturated/α-hetero) is 2. The Morgan fingerprint density at radius 3 is 2.40 bits per heavy atom. The smallest absolute Gasteiger partial charge is 0.255 e. The highest BCUT2D eigenvalue weighted by Gasteiger charge is 2.39. The molecule has 278 valence electrons. The Hall–Kier alpha value is -5.72. The zero-order valence-electron chi connectivity index (χ0n) is 30.5. The van der Waals surface area contributed by atoms with Crippen LogP contribution >= 0.6 is 0 Å². The third kappa shape index (κ3) is 8.03. The summed E-state index contributed by atoms with van der Waals surface area (Å²) in [6.07, 6.45) is 7.12. The summed E-state index contributed by atoms with van der Waals surface area (Å²) in [5.74, 6) is 0.684. The number of aryl methyl sites for hydroxylation is 1. The first-order valence-corrected chi connectivity index (χ1v) is 18.0. The number of H-pyrrole nitrogens is 1. The predicted octanol–water partition coefficient (Wildman–Crippen LogP) is 3.96. The number of aromatic nitrogens is 2. The van der Waals surface area contributed by atoms with E-state index in [0.29, 0.717) is 81.6 Å². The van der Waals surface area contributed by atoms with Crippen molar-refractivity contribution in [3.05, 3.63) is 88.4 Å². The third-order valence-corrected chi connectivity index (χ3v) is 10.2. The Labute approximate surface area is 308 Å². The summed E-state index contributed by atoms with van der Waals surface area (Å²) >= 11 is 0. The lowest BCUT2D eigenvalue weighted by atomic mass is 9.92. The van der Waals surface area contributed by atoms with Crippen LogP contribution in [0.25, 0.3) is 11.3 Å². The van der Waals surface area contributed by atoms with Gasteiger partial charge in [0.05, 0.1) is 44.3 Å². The van der Waals surface area contributed by atoms with Crippen molar-refractivity contribution in [2.45, 2.75) is 70.4 Å². The van der Waals surface area contributed by atoms with Crippen LogP contribution in [0.15, 0.2) is 49.3 Å². The van der Waals surface area contributed by atoms with E-state index in [2.05, 4.69) is 27.4 Å². The first-order valence-electron chi connectivity index (χ1n) is 18.0. The van der Waals surface area contributed by atoms with Gasteiger partial charge in [-0.15, -0.1) is 0 Å². The van der Waals surface area contributed by atoms with Crippen molar-refractivity contribution in [1.82, 2.24) is 30.6 Å². The fourth-order valence-electron chi connectivity index (χ4n) is 7.33. The van der Waals surface area contributed by atoms with Gasteiger partial charge >= 0.3 is 0 Å². The van der Waals surface area contributed by atoms with Crippen molar-refractivity contribution < 1.29 is 33.4 Å². The van der Waals surface area contributed by atoms with E-state index in [0.717, 1.165) is 44.8 Å². The molecule has 3 aliphatic rings. The summed E-state index contributed by atoms with van der Waals surface area (Å²) in [6.45, 7) is 5.29. The maximum atomic E-state index is 13.1. The van der Waals surface area contributed by atoms with E-state index in [1.807, 2.05) is 36.3 Å². The van der Waals surface area contributed by atoms with Gasteiger partial charge in [-0.05, 0) is 67.0 Å². The Balaban J connectivity index is 0.919. The van der Waals surface area contributed by atoms with Crippen LogP contribution in [0.2, 0.25) is 0 Å². The summed E-state index contributed by atoms with van der Waals surface area (Å²) in [7, 11) is 5.18. The van der Waals surface area contributed by atoms with Crippen LogP contribution < -0.4 is 20.1 Å². The van der Waals surface area contributed by atoms with Crippen molar-refractivity contribution in [2.24, 2.45) is 0 Å². The van der Waals surface area contributed by atoms with E-state index in [9.17, 15) is 24.0 Å². The Bertz CT molecular complexity index is 1960. The van der Waals surface area contributed by atoms with E-state index in [1.54, 1.807) is 37.4 Å². The molecule has 13 heteroatoms. The number of fused-ring (bicyclic) bond motifs is 2. The number of nitrogens with one attached hydrogen (secondary N) is 3. The molecule has 6 rings (SSSR count). The molecule has 3 heterocycles. The van der Waals surface area contributed by atoms with E-state index in [1.165, 1.54) is 0 Å². The molecule has 2 aromatic carbocycles. The fraction of sp³-hybridized carbons (Fsp3) is 0.400. The normalized spacial score (nSPS) is 16.7. The van der Waals surface area contributed by atoms with Gasteiger partial charge in [-0.3, -0.25) is 29.1 Å². The van der Waals surface area contributed by atoms with E-state index < -0.39 is 6.04 Å². The van der Waals surface area contributed by atoms with Gasteiger partial charge < -0.3 is 29.9 Å². The van der Waals surface area contributed by atoms with Crippen LogP contribution in [0.3, 0.4) is 0 Å². The Kier molecular flexibility index (Phi) is 11.4. The van der Waals surface area contributed by atoms with E-state index in [4.69, 9.17) is 9.47 Å². The number of hydrogen-bond acceptors (Lipinski definition) is 9. The standard InChI is InChI=1S/C40H46N6O7/c1-24-39-30(21-43-44-39)31(22-45(24)2)26-18-35(52-3)29(36(19-26)53-4)10-6-11-37(49)41-16-7-17-42-38(50)15-12-25-8-5-9-28-32(25)23-46(40(28)51)33-14-13-27(47)20-34(33)48/h5,8-9,18-19,21-22,33H,1,6-7,10-17,20,23H2,2-4H3,(H,41,49)(H,42,50)(H,43,44). The van der Waals surface area contributed by atoms with Gasteiger partial charge in [-0.25, -0.2) is 0 Å². The van der Waals surface area contributed by atoms with Crippen molar-refractivity contribution in [2.75, 3.05) is 34.4 Å². The quantitative estimate of drug-likeness (QED) is 0.156. The van der Waals surface area contributed by atoms with Gasteiger partial charge in [0.25, 0.3) is 5.91 Å². The molecule has 1 aromatic heterocycles. The molecule has 1 fully saturated rings. The van der Waals surface area contributed by atoms with E-state index in [-0.39, 0.29) is 42.1 Å². The summed E-state index contributed by atoms with van der Waals surface area (Å²) < 4.78 is 11.5. The molecule has 53 heavy (non-hydrogen) atoms. The highest BCUT2D eigenvalue weighted by molar-refractivity contribution is 6.07. The Morgan fingerprint density at radius 2 is 1.70 bits per heavy atom. The minimum atomic E-state index is -0.573. The van der Waals surface area contributed by atoms with Crippen LogP contribution in [0.1, 0.15) is 88.8 Å². The summed E-state index contributed by atoms with van der Waals surface area (Å²) in [6, 6.07) is 8.84. The molecular formula is C40H46N6O7. The van der Waals surface area contributed by atoms with Crippen molar-refractivity contribution in [1.29, 1.82) is 0 Å². The molecule has 1 atom stereocenters. The number of carbonyl (C=O) groups excluding carboxylic acids is 5. The van der Waals surface area contributed by atoms with Gasteiger partial charge in [0.2, 0.25) is 11.8 Å². The molecular weight excluding hydrogens is 676 g/mol. The number of amides is 3. The second-order valence-electron chi connectivity index (χ2n) is 13.6. The van der Waals surface area contributed by atoms with Gasteiger partial charge in [-0.2, -0.15) is 5.10 Å². The second kappa shape index (κ2) is 16.3. The zero-order chi connectivity index (χ0) is 37.6. The maximum Gasteiger partial charge on any atom is 0.255 e. The topological polar surface area (TPSA) is 163 Å². The SMILES string of the molecule is C=C1c2[nH]ncc2C(c2cc(OC)c(CCCC(=O)NCCCNC(=O)CCc3cccc4c3CN(C3CCC(=O)CC3=O)C4=O)c(OC)c2)=CN1C. The molecule has 1 aliphatic carbocycles. The fourth-order valence-corrected chi connectivity index (χ4v) is 7.33. The lowest BCUT2D eigenvalue weighted by molar-refractivity contribution is -0.133. The molecule has 13 nitrogen and oxygen atoms in total. The summed E-state index contributed by atoms with van der Waals surface area (Å²) in [4.78, 5) is 66.1. The number of hydrogen-bond donors (Lipinski definition) is 3. The van der Waals surface area contributed by atoms with Crippen LogP contribution in [0, 0.1) is 0 Å². The largest absolute Gasteiger partial charge is 0.496 e. The minimum absolute atomic E-state index is 0.0722. The number of benzene rings is 2. The van der Waals surface area contributed by atoms with Gasteiger partial charge in [0, 0.05) is 74.4 Å². The number of ketones is 2. The Morgan fingerprint density at radius 1 is 0.981 bits per heavy atom. The molecule has 0 radical (unpaired) electrons.